The molecule has 0 spiro atoms. The third-order valence-electron chi connectivity index (χ3n) is 5.50. The minimum absolute atomic E-state index is 0.0969. The summed E-state index contributed by atoms with van der Waals surface area (Å²) in [6.07, 6.45) is 0. The molecule has 2 aliphatic heterocycles. The fourth-order valence-electron chi connectivity index (χ4n) is 3.78. The van der Waals surface area contributed by atoms with Crippen LogP contribution >= 0.6 is 0 Å². The van der Waals surface area contributed by atoms with E-state index in [-0.39, 0.29) is 35.9 Å². The van der Waals surface area contributed by atoms with Gasteiger partial charge in [0.2, 0.25) is 10.0 Å². The van der Waals surface area contributed by atoms with Crippen molar-refractivity contribution in [2.24, 2.45) is 0 Å². The van der Waals surface area contributed by atoms with E-state index in [9.17, 15) is 17.6 Å². The number of anilines is 1. The van der Waals surface area contributed by atoms with Crippen LogP contribution in [-0.4, -0.2) is 71.2 Å². The molecule has 1 N–H and O–H groups in total. The summed E-state index contributed by atoms with van der Waals surface area (Å²) in [5.74, 6) is -0.813. The number of hydrogen-bond acceptors (Lipinski definition) is 6. The Bertz CT molecular complexity index is 1070. The van der Waals surface area contributed by atoms with Gasteiger partial charge in [0.1, 0.15) is 10.7 Å². The second kappa shape index (κ2) is 9.95. The normalized spacial score (nSPS) is 17.8. The Kier molecular flexibility index (Phi) is 7.04. The first-order valence-electron chi connectivity index (χ1n) is 10.5. The van der Waals surface area contributed by atoms with Gasteiger partial charge in [-0.2, -0.15) is 4.31 Å². The van der Waals surface area contributed by atoms with Crippen LogP contribution in [0.2, 0.25) is 0 Å². The molecular weight excluding hydrogens is 437 g/mol. The maximum atomic E-state index is 13.5. The van der Waals surface area contributed by atoms with Gasteiger partial charge in [0.25, 0.3) is 5.91 Å². The summed E-state index contributed by atoms with van der Waals surface area (Å²) >= 11 is 0. The van der Waals surface area contributed by atoms with Crippen LogP contribution in [0.3, 0.4) is 0 Å². The minimum Gasteiger partial charge on any atom is -0.379 e. The average molecular weight is 464 g/mol. The SMILES string of the molecule is O=C(NCc1cccc(F)c1)c1ccc(N2CCOCC2)c(S(=O)(=O)N2CCOCC2)c1. The lowest BCUT2D eigenvalue weighted by Gasteiger charge is -2.32. The summed E-state index contributed by atoms with van der Waals surface area (Å²) in [6.45, 7) is 3.47. The monoisotopic (exact) mass is 463 g/mol. The van der Waals surface area contributed by atoms with Gasteiger partial charge in [-0.15, -0.1) is 0 Å². The van der Waals surface area contributed by atoms with Gasteiger partial charge in [-0.25, -0.2) is 12.8 Å². The molecule has 0 radical (unpaired) electrons. The fourth-order valence-corrected chi connectivity index (χ4v) is 5.43. The van der Waals surface area contributed by atoms with Gasteiger partial charge in [0.05, 0.1) is 32.1 Å². The maximum absolute atomic E-state index is 13.5. The molecule has 0 saturated carbocycles. The highest BCUT2D eigenvalue weighted by molar-refractivity contribution is 7.89. The van der Waals surface area contributed by atoms with E-state index >= 15 is 0 Å². The number of halogens is 1. The Hall–Kier alpha value is -2.53. The molecule has 4 rings (SSSR count). The lowest BCUT2D eigenvalue weighted by Crippen LogP contribution is -2.42. The molecule has 2 aliphatic rings. The van der Waals surface area contributed by atoms with Crippen LogP contribution in [0.25, 0.3) is 0 Å². The molecular formula is C22H26FN3O5S. The maximum Gasteiger partial charge on any atom is 0.251 e. The van der Waals surface area contributed by atoms with Crippen LogP contribution in [0.4, 0.5) is 10.1 Å². The number of carbonyl (C=O) groups excluding carboxylic acids is 1. The summed E-state index contributed by atoms with van der Waals surface area (Å²) in [5, 5.41) is 2.73. The molecule has 2 fully saturated rings. The Morgan fingerprint density at radius 1 is 0.969 bits per heavy atom. The number of carbonyl (C=O) groups is 1. The highest BCUT2D eigenvalue weighted by Gasteiger charge is 2.31. The zero-order chi connectivity index (χ0) is 22.6. The van der Waals surface area contributed by atoms with Crippen molar-refractivity contribution in [1.82, 2.24) is 9.62 Å². The molecule has 172 valence electrons. The highest BCUT2D eigenvalue weighted by Crippen LogP contribution is 2.30. The Balaban J connectivity index is 1.62. The van der Waals surface area contributed by atoms with Crippen LogP contribution in [0.15, 0.2) is 47.4 Å². The second-order valence-electron chi connectivity index (χ2n) is 7.61. The van der Waals surface area contributed by atoms with Gasteiger partial charge >= 0.3 is 0 Å². The van der Waals surface area contributed by atoms with Gasteiger partial charge in [-0.05, 0) is 35.9 Å². The van der Waals surface area contributed by atoms with E-state index in [2.05, 4.69) is 5.32 Å². The molecule has 0 bridgehead atoms. The van der Waals surface area contributed by atoms with Crippen molar-refractivity contribution in [3.05, 3.63) is 59.4 Å². The number of rotatable bonds is 6. The zero-order valence-corrected chi connectivity index (χ0v) is 18.4. The molecule has 0 unspecified atom stereocenters. The average Bonchev–Trinajstić information content (AvgIpc) is 2.83. The van der Waals surface area contributed by atoms with Crippen molar-refractivity contribution in [1.29, 1.82) is 0 Å². The molecule has 2 aromatic rings. The van der Waals surface area contributed by atoms with E-state index in [4.69, 9.17) is 9.47 Å². The van der Waals surface area contributed by atoms with E-state index in [1.54, 1.807) is 24.3 Å². The Labute approximate surface area is 187 Å². The number of sulfonamides is 1. The Morgan fingerprint density at radius 2 is 1.66 bits per heavy atom. The molecule has 0 aromatic heterocycles. The number of morpholine rings is 2. The number of nitrogens with one attached hydrogen (secondary N) is 1. The van der Waals surface area contributed by atoms with Crippen molar-refractivity contribution in [3.63, 3.8) is 0 Å². The van der Waals surface area contributed by atoms with Crippen molar-refractivity contribution in [2.45, 2.75) is 11.4 Å². The number of hydrogen-bond donors (Lipinski definition) is 1. The summed E-state index contributed by atoms with van der Waals surface area (Å²) in [5.41, 5.74) is 1.40. The van der Waals surface area contributed by atoms with Crippen molar-refractivity contribution >= 4 is 21.6 Å². The molecule has 10 heteroatoms. The van der Waals surface area contributed by atoms with E-state index in [1.807, 2.05) is 4.90 Å². The van der Waals surface area contributed by atoms with Gasteiger partial charge in [0.15, 0.2) is 0 Å². The third-order valence-corrected chi connectivity index (χ3v) is 7.43. The van der Waals surface area contributed by atoms with Crippen LogP contribution in [-0.2, 0) is 26.0 Å². The van der Waals surface area contributed by atoms with Crippen LogP contribution in [0.5, 0.6) is 0 Å². The van der Waals surface area contributed by atoms with Crippen LogP contribution < -0.4 is 10.2 Å². The second-order valence-corrected chi connectivity index (χ2v) is 9.52. The number of benzene rings is 2. The fraction of sp³-hybridized carbons (Fsp3) is 0.409. The smallest absolute Gasteiger partial charge is 0.251 e. The summed E-state index contributed by atoms with van der Waals surface area (Å²) in [4.78, 5) is 14.8. The standard InChI is InChI=1S/C22H26FN3O5S/c23-19-3-1-2-17(14-19)16-24-22(27)18-4-5-20(25-6-10-30-11-7-25)21(15-18)32(28,29)26-8-12-31-13-9-26/h1-5,14-15H,6-13,16H2,(H,24,27). The molecule has 2 aromatic carbocycles. The van der Waals surface area contributed by atoms with Gasteiger partial charge in [-0.1, -0.05) is 12.1 Å². The quantitative estimate of drug-likeness (QED) is 0.701. The topological polar surface area (TPSA) is 88.2 Å². The first kappa shape index (κ1) is 22.7. The van der Waals surface area contributed by atoms with Crippen molar-refractivity contribution in [2.75, 3.05) is 57.5 Å². The lowest BCUT2D eigenvalue weighted by molar-refractivity contribution is 0.0730. The molecule has 1 amide bonds. The number of nitrogens with zero attached hydrogens (tertiary/aromatic N) is 2. The number of ether oxygens (including phenoxy) is 2. The summed E-state index contributed by atoms with van der Waals surface area (Å²) < 4.78 is 52.4. The first-order chi connectivity index (χ1) is 15.4. The van der Waals surface area contributed by atoms with E-state index in [0.717, 1.165) is 0 Å². The van der Waals surface area contributed by atoms with Gasteiger partial charge in [-0.3, -0.25) is 4.79 Å². The molecule has 8 nitrogen and oxygen atoms in total. The highest BCUT2D eigenvalue weighted by atomic mass is 32.2. The molecule has 0 atom stereocenters. The largest absolute Gasteiger partial charge is 0.379 e. The van der Waals surface area contributed by atoms with Gasteiger partial charge in [0, 0.05) is 38.3 Å². The predicted octanol–water partition coefficient (Wildman–Crippen LogP) is 1.61. The molecule has 2 saturated heterocycles. The van der Waals surface area contributed by atoms with E-state index < -0.39 is 15.9 Å². The third kappa shape index (κ3) is 5.09. The summed E-state index contributed by atoms with van der Waals surface area (Å²) in [6, 6.07) is 10.7. The summed E-state index contributed by atoms with van der Waals surface area (Å²) in [7, 11) is -3.83. The first-order valence-corrected chi connectivity index (χ1v) is 12.0. The van der Waals surface area contributed by atoms with E-state index in [0.29, 0.717) is 50.8 Å². The molecule has 2 heterocycles. The lowest BCUT2D eigenvalue weighted by atomic mass is 10.1. The minimum atomic E-state index is -3.83. The number of amides is 1. The van der Waals surface area contributed by atoms with Crippen LogP contribution in [0, 0.1) is 5.82 Å². The predicted molar refractivity (Wildman–Crippen MR) is 117 cm³/mol. The van der Waals surface area contributed by atoms with Crippen molar-refractivity contribution in [3.8, 4) is 0 Å². The molecule has 32 heavy (non-hydrogen) atoms. The molecule has 0 aliphatic carbocycles. The van der Waals surface area contributed by atoms with Crippen LogP contribution in [0.1, 0.15) is 15.9 Å². The zero-order valence-electron chi connectivity index (χ0n) is 17.6. The van der Waals surface area contributed by atoms with Gasteiger partial charge < -0.3 is 19.7 Å². The van der Waals surface area contributed by atoms with Crippen molar-refractivity contribution < 1.29 is 27.1 Å². The Morgan fingerprint density at radius 3 is 2.34 bits per heavy atom. The van der Waals surface area contributed by atoms with E-state index in [1.165, 1.54) is 22.5 Å².